The van der Waals surface area contributed by atoms with Crippen LogP contribution in [0, 0.1) is 5.41 Å². The van der Waals surface area contributed by atoms with Gasteiger partial charge in [0, 0.05) is 13.1 Å². The molecule has 0 aromatic carbocycles. The van der Waals surface area contributed by atoms with Gasteiger partial charge in [-0.05, 0) is 44.1 Å². The van der Waals surface area contributed by atoms with Crippen LogP contribution in [0.5, 0.6) is 0 Å². The maximum atomic E-state index is 12.9. The Balaban J connectivity index is 1.34. The number of hydrogen-bond donors (Lipinski definition) is 0. The Morgan fingerprint density at radius 2 is 1.83 bits per heavy atom. The first kappa shape index (κ1) is 15.9. The topological polar surface area (TPSA) is 32.8 Å². The van der Waals surface area contributed by atoms with E-state index in [4.69, 9.17) is 4.74 Å². The van der Waals surface area contributed by atoms with Crippen LogP contribution in [0.2, 0.25) is 0 Å². The minimum absolute atomic E-state index is 0.310. The summed E-state index contributed by atoms with van der Waals surface area (Å²) in [6.07, 6.45) is 13.4. The van der Waals surface area contributed by atoms with E-state index in [0.29, 0.717) is 30.0 Å². The third kappa shape index (κ3) is 3.30. The zero-order valence-electron chi connectivity index (χ0n) is 14.5. The average molecular weight is 320 g/mol. The van der Waals surface area contributed by atoms with Crippen molar-refractivity contribution in [3.05, 3.63) is 0 Å². The summed E-state index contributed by atoms with van der Waals surface area (Å²) in [6, 6.07) is 0.358. The van der Waals surface area contributed by atoms with E-state index in [1.807, 2.05) is 0 Å². The third-order valence-electron chi connectivity index (χ3n) is 6.84. The fourth-order valence-corrected chi connectivity index (χ4v) is 5.56. The van der Waals surface area contributed by atoms with Crippen molar-refractivity contribution in [1.29, 1.82) is 0 Å². The number of amides is 1. The molecule has 2 atom stereocenters. The summed E-state index contributed by atoms with van der Waals surface area (Å²) in [5, 5.41) is 0. The van der Waals surface area contributed by atoms with Crippen LogP contribution in [0.3, 0.4) is 0 Å². The van der Waals surface area contributed by atoms with Crippen LogP contribution >= 0.6 is 0 Å². The first-order chi connectivity index (χ1) is 11.3. The predicted octanol–water partition coefficient (Wildman–Crippen LogP) is 2.81. The first-order valence-electron chi connectivity index (χ1n) is 9.89. The molecule has 130 valence electrons. The quantitative estimate of drug-likeness (QED) is 0.784. The fraction of sp³-hybridized carbons (Fsp3) is 0.947. The van der Waals surface area contributed by atoms with Gasteiger partial charge in [0.15, 0.2) is 0 Å². The molecular formula is C19H32N2O2. The molecule has 4 aliphatic rings. The van der Waals surface area contributed by atoms with Gasteiger partial charge in [-0.15, -0.1) is 0 Å². The summed E-state index contributed by atoms with van der Waals surface area (Å²) in [5.74, 6) is 0.359. The number of ether oxygens (including phenoxy) is 1. The van der Waals surface area contributed by atoms with Crippen molar-refractivity contribution in [3.63, 3.8) is 0 Å². The molecule has 2 saturated carbocycles. The van der Waals surface area contributed by atoms with Gasteiger partial charge in [-0.25, -0.2) is 0 Å². The molecule has 4 rings (SSSR count). The van der Waals surface area contributed by atoms with E-state index in [2.05, 4.69) is 9.80 Å². The second-order valence-corrected chi connectivity index (χ2v) is 8.37. The molecule has 2 saturated heterocycles. The molecule has 0 bridgehead atoms. The van der Waals surface area contributed by atoms with E-state index in [-0.39, 0.29) is 0 Å². The van der Waals surface area contributed by atoms with Crippen molar-refractivity contribution in [3.8, 4) is 0 Å². The lowest BCUT2D eigenvalue weighted by molar-refractivity contribution is -0.150. The first-order valence-corrected chi connectivity index (χ1v) is 9.89. The second kappa shape index (κ2) is 6.72. The van der Waals surface area contributed by atoms with Crippen LogP contribution in [0.4, 0.5) is 0 Å². The highest BCUT2D eigenvalue weighted by atomic mass is 16.5. The van der Waals surface area contributed by atoms with Crippen molar-refractivity contribution < 1.29 is 9.53 Å². The third-order valence-corrected chi connectivity index (χ3v) is 6.84. The van der Waals surface area contributed by atoms with Crippen LogP contribution in [0.1, 0.15) is 64.2 Å². The lowest BCUT2D eigenvalue weighted by Crippen LogP contribution is -2.56. The molecule has 4 fully saturated rings. The normalized spacial score (nSPS) is 34.5. The second-order valence-electron chi connectivity index (χ2n) is 8.37. The molecule has 0 aromatic rings. The van der Waals surface area contributed by atoms with E-state index in [1.54, 1.807) is 0 Å². The van der Waals surface area contributed by atoms with Gasteiger partial charge in [0.25, 0.3) is 0 Å². The number of carbonyl (C=O) groups excluding carboxylic acids is 1. The number of nitrogens with zero attached hydrogens (tertiary/aromatic N) is 2. The molecule has 0 radical (unpaired) electrons. The van der Waals surface area contributed by atoms with Crippen molar-refractivity contribution in [2.45, 2.75) is 76.4 Å². The highest BCUT2D eigenvalue weighted by Gasteiger charge is 2.41. The molecule has 4 heteroatoms. The van der Waals surface area contributed by atoms with Crippen LogP contribution in [0.25, 0.3) is 0 Å². The monoisotopic (exact) mass is 320 g/mol. The minimum Gasteiger partial charge on any atom is -0.374 e. The molecule has 2 heterocycles. The molecule has 0 unspecified atom stereocenters. The highest BCUT2D eigenvalue weighted by Crippen LogP contribution is 2.43. The number of carbonyl (C=O) groups is 1. The van der Waals surface area contributed by atoms with Crippen LogP contribution < -0.4 is 0 Å². The lowest BCUT2D eigenvalue weighted by atomic mass is 9.73. The summed E-state index contributed by atoms with van der Waals surface area (Å²) in [5.41, 5.74) is 0.552. The van der Waals surface area contributed by atoms with Crippen molar-refractivity contribution in [2.75, 3.05) is 32.8 Å². The van der Waals surface area contributed by atoms with E-state index in [9.17, 15) is 4.79 Å². The number of rotatable bonds is 2. The number of hydrogen-bond acceptors (Lipinski definition) is 3. The Bertz CT molecular complexity index is 431. The van der Waals surface area contributed by atoms with Gasteiger partial charge in [0.05, 0.1) is 25.3 Å². The summed E-state index contributed by atoms with van der Waals surface area (Å²) in [6.45, 7) is 4.47. The number of fused-ring (bicyclic) bond motifs is 1. The Hall–Kier alpha value is -0.610. The molecule has 0 N–H and O–H groups in total. The smallest absolute Gasteiger partial charge is 0.237 e. The number of likely N-dealkylation sites (tertiary alicyclic amines) is 1. The van der Waals surface area contributed by atoms with Gasteiger partial charge >= 0.3 is 0 Å². The molecule has 0 aromatic heterocycles. The molecule has 4 nitrogen and oxygen atoms in total. The minimum atomic E-state index is 0.310. The highest BCUT2D eigenvalue weighted by molar-refractivity contribution is 5.79. The van der Waals surface area contributed by atoms with Crippen LogP contribution in [-0.4, -0.2) is 60.6 Å². The molecule has 2 aliphatic heterocycles. The molecule has 23 heavy (non-hydrogen) atoms. The summed E-state index contributed by atoms with van der Waals surface area (Å²) in [4.78, 5) is 17.5. The fourth-order valence-electron chi connectivity index (χ4n) is 5.56. The van der Waals surface area contributed by atoms with Crippen LogP contribution in [0.15, 0.2) is 0 Å². The lowest BCUT2D eigenvalue weighted by Gasteiger charge is -2.44. The maximum Gasteiger partial charge on any atom is 0.237 e. The summed E-state index contributed by atoms with van der Waals surface area (Å²) >= 11 is 0. The standard InChI is InChI=1S/C19H32N2O2/c22-18(21-12-13-23-17-7-3-2-6-16(17)21)14-20-11-10-19(15-20)8-4-1-5-9-19/h16-17H,1-15H2/t16-,17-/m0/s1. The van der Waals surface area contributed by atoms with E-state index in [1.165, 1.54) is 51.4 Å². The predicted molar refractivity (Wildman–Crippen MR) is 90.3 cm³/mol. The Labute approximate surface area is 140 Å². The number of morpholine rings is 1. The summed E-state index contributed by atoms with van der Waals surface area (Å²) in [7, 11) is 0. The largest absolute Gasteiger partial charge is 0.374 e. The van der Waals surface area contributed by atoms with Crippen LogP contribution in [-0.2, 0) is 9.53 Å². The van der Waals surface area contributed by atoms with Gasteiger partial charge in [-0.2, -0.15) is 0 Å². The maximum absolute atomic E-state index is 12.9. The molecule has 2 aliphatic carbocycles. The van der Waals surface area contributed by atoms with Crippen molar-refractivity contribution in [2.24, 2.45) is 5.41 Å². The zero-order valence-corrected chi connectivity index (χ0v) is 14.5. The van der Waals surface area contributed by atoms with Gasteiger partial charge < -0.3 is 9.64 Å². The van der Waals surface area contributed by atoms with Gasteiger partial charge in [-0.1, -0.05) is 32.1 Å². The Morgan fingerprint density at radius 3 is 2.70 bits per heavy atom. The zero-order chi connectivity index (χ0) is 15.7. The Kier molecular flexibility index (Phi) is 4.64. The Morgan fingerprint density at radius 1 is 1.00 bits per heavy atom. The van der Waals surface area contributed by atoms with Crippen molar-refractivity contribution >= 4 is 5.91 Å². The van der Waals surface area contributed by atoms with Gasteiger partial charge in [0.2, 0.25) is 5.91 Å². The van der Waals surface area contributed by atoms with Gasteiger partial charge in [0.1, 0.15) is 0 Å². The van der Waals surface area contributed by atoms with E-state index < -0.39 is 0 Å². The molecule has 1 spiro atoms. The van der Waals surface area contributed by atoms with E-state index >= 15 is 0 Å². The average Bonchev–Trinajstić information content (AvgIpc) is 2.97. The summed E-state index contributed by atoms with van der Waals surface area (Å²) < 4.78 is 5.91. The van der Waals surface area contributed by atoms with Gasteiger partial charge in [-0.3, -0.25) is 9.69 Å². The molecule has 1 amide bonds. The SMILES string of the molecule is O=C(CN1CCC2(CCCCC2)C1)N1CCO[C@H]2CCCC[C@@H]21. The van der Waals surface area contributed by atoms with E-state index in [0.717, 1.165) is 39.1 Å². The molecular weight excluding hydrogens is 288 g/mol. The van der Waals surface area contributed by atoms with Crippen molar-refractivity contribution in [1.82, 2.24) is 9.80 Å².